The first kappa shape index (κ1) is 21.5. The Kier molecular flexibility index (Phi) is 8.02. The molecule has 0 saturated carbocycles. The van der Waals surface area contributed by atoms with Gasteiger partial charge in [-0.3, -0.25) is 9.59 Å². The second-order valence-corrected chi connectivity index (χ2v) is 5.97. The minimum absolute atomic E-state index is 0. The molecule has 0 unspecified atom stereocenters. The van der Waals surface area contributed by atoms with Gasteiger partial charge in [-0.2, -0.15) is 0 Å². The summed E-state index contributed by atoms with van der Waals surface area (Å²) in [6, 6.07) is 0.660. The number of nitrogens with one attached hydrogen (secondary N) is 2. The molecule has 0 aliphatic carbocycles. The second kappa shape index (κ2) is 8.96. The minimum Gasteiger partial charge on any atom is -0.332 e. The minimum atomic E-state index is -0.105. The molecule has 2 heterocycles. The van der Waals surface area contributed by atoms with Crippen LogP contribution in [0.2, 0.25) is 0 Å². The molecule has 0 bridgehead atoms. The molecule has 134 valence electrons. The number of carbonyl (C=O) groups excluding carboxylic acids is 2. The lowest BCUT2D eigenvalue weighted by atomic mass is 10.2. The van der Waals surface area contributed by atoms with Crippen molar-refractivity contribution in [2.24, 2.45) is 0 Å². The van der Waals surface area contributed by atoms with Crippen molar-refractivity contribution in [3.63, 3.8) is 0 Å². The molecule has 0 fully saturated rings. The third-order valence-corrected chi connectivity index (χ3v) is 3.34. The highest BCUT2D eigenvalue weighted by Crippen LogP contribution is 2.13. The van der Waals surface area contributed by atoms with E-state index in [2.05, 4.69) is 23.8 Å². The molecular formula is C18H30N4O2. The van der Waals surface area contributed by atoms with Gasteiger partial charge in [0.1, 0.15) is 11.6 Å². The van der Waals surface area contributed by atoms with Crippen LogP contribution in [-0.4, -0.2) is 33.7 Å². The predicted molar refractivity (Wildman–Crippen MR) is 98.1 cm³/mol. The van der Waals surface area contributed by atoms with E-state index >= 15 is 0 Å². The average molecular weight is 334 g/mol. The lowest BCUT2D eigenvalue weighted by Crippen LogP contribution is -2.40. The van der Waals surface area contributed by atoms with Gasteiger partial charge in [-0.25, -0.2) is 0 Å². The molecule has 2 N–H and O–H groups in total. The Labute approximate surface area is 145 Å². The van der Waals surface area contributed by atoms with Crippen LogP contribution in [-0.2, 0) is 9.59 Å². The molecule has 0 aromatic rings. The number of hydrogen-bond acceptors (Lipinski definition) is 4. The van der Waals surface area contributed by atoms with Crippen molar-refractivity contribution in [1.29, 1.82) is 0 Å². The van der Waals surface area contributed by atoms with Crippen molar-refractivity contribution >= 4 is 11.8 Å². The fourth-order valence-corrected chi connectivity index (χ4v) is 2.07. The van der Waals surface area contributed by atoms with Crippen molar-refractivity contribution in [2.45, 2.75) is 54.1 Å². The molecule has 2 rings (SSSR count). The highest BCUT2D eigenvalue weighted by molar-refractivity contribution is 5.94. The average Bonchev–Trinajstić information content (AvgIpc) is 2.42. The van der Waals surface area contributed by atoms with E-state index in [0.717, 1.165) is 5.57 Å². The van der Waals surface area contributed by atoms with Gasteiger partial charge in [-0.05, 0) is 34.6 Å². The summed E-state index contributed by atoms with van der Waals surface area (Å²) in [4.78, 5) is 25.7. The Morgan fingerprint density at radius 3 is 1.92 bits per heavy atom. The van der Waals surface area contributed by atoms with E-state index in [1.807, 2.05) is 43.7 Å². The predicted octanol–water partition coefficient (Wildman–Crippen LogP) is 2.65. The summed E-state index contributed by atoms with van der Waals surface area (Å²) in [5, 5.41) is 5.30. The van der Waals surface area contributed by atoms with Gasteiger partial charge in [-0.15, -0.1) is 0 Å². The number of carbonyl (C=O) groups is 2. The summed E-state index contributed by atoms with van der Waals surface area (Å²) in [5.74, 6) is 1.14. The van der Waals surface area contributed by atoms with Crippen LogP contribution in [0.4, 0.5) is 0 Å². The first-order chi connectivity index (χ1) is 10.6. The molecule has 0 saturated heterocycles. The SMILES string of the molecule is C.C=C1NC(=O)C(C)=CN1C(C)C.C=C1NC(=O)C=CN1C(C)C. The standard InChI is InChI=1S/C9H14N2O.C8H12N2O.CH4/c1-6(2)11-5-7(3)9(12)10-8(11)4;1-6(2)10-5-4-8(11)9-7(10)3;/h5-6H,4H2,1-3H3,(H,10,12);4-6H,3H2,1-2H3,(H,9,11);1H4. The van der Waals surface area contributed by atoms with Crippen LogP contribution in [0, 0.1) is 0 Å². The van der Waals surface area contributed by atoms with E-state index in [1.165, 1.54) is 6.08 Å². The van der Waals surface area contributed by atoms with Crippen LogP contribution in [0.15, 0.2) is 48.8 Å². The van der Waals surface area contributed by atoms with Crippen LogP contribution in [0.25, 0.3) is 0 Å². The monoisotopic (exact) mass is 334 g/mol. The molecule has 6 heteroatoms. The molecule has 0 spiro atoms. The van der Waals surface area contributed by atoms with Crippen molar-refractivity contribution in [1.82, 2.24) is 20.4 Å². The maximum absolute atomic E-state index is 11.1. The van der Waals surface area contributed by atoms with E-state index < -0.39 is 0 Å². The molecule has 0 radical (unpaired) electrons. The second-order valence-electron chi connectivity index (χ2n) is 5.97. The van der Waals surface area contributed by atoms with Crippen molar-refractivity contribution < 1.29 is 9.59 Å². The van der Waals surface area contributed by atoms with Crippen molar-refractivity contribution in [2.75, 3.05) is 0 Å². The summed E-state index contributed by atoms with van der Waals surface area (Å²) in [7, 11) is 0. The van der Waals surface area contributed by atoms with Gasteiger partial charge in [0.15, 0.2) is 0 Å². The van der Waals surface area contributed by atoms with Crippen LogP contribution < -0.4 is 10.6 Å². The largest absolute Gasteiger partial charge is 0.332 e. The Morgan fingerprint density at radius 1 is 0.958 bits per heavy atom. The Hall–Kier alpha value is -2.50. The van der Waals surface area contributed by atoms with Gasteiger partial charge in [0.05, 0.1) is 0 Å². The molecule has 0 aromatic carbocycles. The van der Waals surface area contributed by atoms with E-state index in [0.29, 0.717) is 23.7 Å². The molecular weight excluding hydrogens is 304 g/mol. The fourth-order valence-electron chi connectivity index (χ4n) is 2.07. The third kappa shape index (κ3) is 5.61. The molecule has 24 heavy (non-hydrogen) atoms. The zero-order chi connectivity index (χ0) is 17.7. The molecule has 2 aliphatic heterocycles. The normalized spacial score (nSPS) is 17.0. The highest BCUT2D eigenvalue weighted by Gasteiger charge is 2.19. The Balaban J connectivity index is 0.000000425. The third-order valence-electron chi connectivity index (χ3n) is 3.34. The number of nitrogens with zero attached hydrogens (tertiary/aromatic N) is 2. The summed E-state index contributed by atoms with van der Waals surface area (Å²) in [6.45, 7) is 17.4. The summed E-state index contributed by atoms with van der Waals surface area (Å²) < 4.78 is 0. The zero-order valence-electron chi connectivity index (χ0n) is 14.5. The molecule has 6 nitrogen and oxygen atoms in total. The lowest BCUT2D eigenvalue weighted by molar-refractivity contribution is -0.118. The maximum atomic E-state index is 11.1. The quantitative estimate of drug-likeness (QED) is 0.815. The highest BCUT2D eigenvalue weighted by atomic mass is 16.2. The van der Waals surface area contributed by atoms with Gasteiger partial charge >= 0.3 is 0 Å². The smallest absolute Gasteiger partial charge is 0.253 e. The van der Waals surface area contributed by atoms with Crippen LogP contribution in [0.3, 0.4) is 0 Å². The number of amides is 2. The summed E-state index contributed by atoms with van der Waals surface area (Å²) >= 11 is 0. The summed E-state index contributed by atoms with van der Waals surface area (Å²) in [5.41, 5.74) is 0.719. The Morgan fingerprint density at radius 2 is 1.46 bits per heavy atom. The first-order valence-electron chi connectivity index (χ1n) is 7.57. The van der Waals surface area contributed by atoms with E-state index in [1.54, 1.807) is 13.1 Å². The van der Waals surface area contributed by atoms with Crippen LogP contribution >= 0.6 is 0 Å². The first-order valence-corrected chi connectivity index (χ1v) is 7.57. The van der Waals surface area contributed by atoms with Crippen LogP contribution in [0.5, 0.6) is 0 Å². The van der Waals surface area contributed by atoms with E-state index in [4.69, 9.17) is 0 Å². The van der Waals surface area contributed by atoms with Gasteiger partial charge in [0.2, 0.25) is 0 Å². The van der Waals surface area contributed by atoms with Crippen molar-refractivity contribution in [3.8, 4) is 0 Å². The van der Waals surface area contributed by atoms with Crippen LogP contribution in [0.1, 0.15) is 42.0 Å². The van der Waals surface area contributed by atoms with Gasteiger partial charge in [0, 0.05) is 36.1 Å². The molecule has 0 aromatic heterocycles. The molecule has 2 amide bonds. The fraction of sp³-hybridized carbons (Fsp3) is 0.444. The van der Waals surface area contributed by atoms with Gasteiger partial charge < -0.3 is 20.4 Å². The zero-order valence-corrected chi connectivity index (χ0v) is 14.5. The topological polar surface area (TPSA) is 64.7 Å². The van der Waals surface area contributed by atoms with Crippen molar-refractivity contribution in [3.05, 3.63) is 48.8 Å². The van der Waals surface area contributed by atoms with Gasteiger partial charge in [-0.1, -0.05) is 20.6 Å². The van der Waals surface area contributed by atoms with Gasteiger partial charge in [0.25, 0.3) is 11.8 Å². The molecule has 2 aliphatic rings. The summed E-state index contributed by atoms with van der Waals surface area (Å²) in [6.07, 6.45) is 5.06. The van der Waals surface area contributed by atoms with E-state index in [-0.39, 0.29) is 19.2 Å². The number of rotatable bonds is 2. The lowest BCUT2D eigenvalue weighted by Gasteiger charge is -2.31. The van der Waals surface area contributed by atoms with E-state index in [9.17, 15) is 9.59 Å². The maximum Gasteiger partial charge on any atom is 0.253 e. The molecule has 0 atom stereocenters. The Bertz CT molecular complexity index is 574. The number of hydrogen-bond donors (Lipinski definition) is 2.